The van der Waals surface area contributed by atoms with E-state index in [-0.39, 0.29) is 5.91 Å². The van der Waals surface area contributed by atoms with Gasteiger partial charge in [-0.15, -0.1) is 0 Å². The molecule has 0 bridgehead atoms. The van der Waals surface area contributed by atoms with Gasteiger partial charge in [0.2, 0.25) is 0 Å². The Morgan fingerprint density at radius 1 is 1.80 bits per heavy atom. The van der Waals surface area contributed by atoms with E-state index in [9.17, 15) is 4.79 Å². The standard InChI is InChI=1S/C10H16N4O/c1-14-7-8(5-13-14)10(15)12-6-9-3-2-4-11-9/h5,7,9,11H,2-4,6H2,1H3,(H,12,15)/t9-/m1/s1. The number of rotatable bonds is 3. The highest BCUT2D eigenvalue weighted by atomic mass is 16.1. The molecule has 0 aromatic carbocycles. The van der Waals surface area contributed by atoms with Gasteiger partial charge in [0.1, 0.15) is 0 Å². The van der Waals surface area contributed by atoms with Gasteiger partial charge in [0.05, 0.1) is 11.8 Å². The summed E-state index contributed by atoms with van der Waals surface area (Å²) in [7, 11) is 1.80. The Labute approximate surface area is 88.8 Å². The second-order valence-electron chi connectivity index (χ2n) is 3.91. The fraction of sp³-hybridized carbons (Fsp3) is 0.600. The number of carbonyl (C=O) groups is 1. The first-order valence-corrected chi connectivity index (χ1v) is 5.26. The molecule has 82 valence electrons. The van der Waals surface area contributed by atoms with Crippen molar-refractivity contribution < 1.29 is 4.79 Å². The SMILES string of the molecule is Cn1cc(C(=O)NC[C@H]2CCCN2)cn1. The zero-order chi connectivity index (χ0) is 10.7. The van der Waals surface area contributed by atoms with Crippen molar-refractivity contribution in [1.82, 2.24) is 20.4 Å². The molecule has 1 amide bonds. The molecule has 0 unspecified atom stereocenters. The average molecular weight is 208 g/mol. The molecule has 0 radical (unpaired) electrons. The first-order chi connectivity index (χ1) is 7.25. The molecule has 5 heteroatoms. The number of amides is 1. The molecule has 1 saturated heterocycles. The quantitative estimate of drug-likeness (QED) is 0.729. The Morgan fingerprint density at radius 2 is 2.67 bits per heavy atom. The first kappa shape index (κ1) is 10.2. The Bertz CT molecular complexity index is 341. The zero-order valence-electron chi connectivity index (χ0n) is 8.86. The van der Waals surface area contributed by atoms with Crippen molar-refractivity contribution in [2.24, 2.45) is 7.05 Å². The monoisotopic (exact) mass is 208 g/mol. The molecule has 1 aliphatic rings. The van der Waals surface area contributed by atoms with Gasteiger partial charge in [-0.2, -0.15) is 5.10 Å². The molecule has 15 heavy (non-hydrogen) atoms. The second-order valence-corrected chi connectivity index (χ2v) is 3.91. The Morgan fingerprint density at radius 3 is 3.27 bits per heavy atom. The lowest BCUT2D eigenvalue weighted by atomic mass is 10.2. The van der Waals surface area contributed by atoms with E-state index in [1.165, 1.54) is 6.42 Å². The number of carbonyl (C=O) groups excluding carboxylic acids is 1. The van der Waals surface area contributed by atoms with Crippen LogP contribution < -0.4 is 10.6 Å². The van der Waals surface area contributed by atoms with Gasteiger partial charge >= 0.3 is 0 Å². The van der Waals surface area contributed by atoms with E-state index in [4.69, 9.17) is 0 Å². The topological polar surface area (TPSA) is 59.0 Å². The average Bonchev–Trinajstić information content (AvgIpc) is 2.84. The molecular formula is C10H16N4O. The Balaban J connectivity index is 1.81. The Kier molecular flexibility index (Phi) is 3.01. The lowest BCUT2D eigenvalue weighted by Crippen LogP contribution is -2.37. The minimum Gasteiger partial charge on any atom is -0.350 e. The van der Waals surface area contributed by atoms with Crippen LogP contribution in [-0.2, 0) is 7.05 Å². The van der Waals surface area contributed by atoms with Crippen LogP contribution in [0.3, 0.4) is 0 Å². The van der Waals surface area contributed by atoms with Crippen LogP contribution in [0.5, 0.6) is 0 Å². The van der Waals surface area contributed by atoms with Gasteiger partial charge in [-0.3, -0.25) is 9.48 Å². The second kappa shape index (κ2) is 4.44. The smallest absolute Gasteiger partial charge is 0.254 e. The molecule has 1 atom stereocenters. The molecule has 1 aromatic heterocycles. The van der Waals surface area contributed by atoms with Gasteiger partial charge in [-0.1, -0.05) is 0 Å². The number of aryl methyl sites for hydroxylation is 1. The van der Waals surface area contributed by atoms with Crippen molar-refractivity contribution in [3.05, 3.63) is 18.0 Å². The molecule has 1 aromatic rings. The van der Waals surface area contributed by atoms with E-state index in [1.807, 2.05) is 0 Å². The van der Waals surface area contributed by atoms with Gasteiger partial charge in [-0.05, 0) is 19.4 Å². The van der Waals surface area contributed by atoms with E-state index < -0.39 is 0 Å². The fourth-order valence-corrected chi connectivity index (χ4v) is 1.79. The number of nitrogens with zero attached hydrogens (tertiary/aromatic N) is 2. The summed E-state index contributed by atoms with van der Waals surface area (Å²) in [4.78, 5) is 11.6. The summed E-state index contributed by atoms with van der Waals surface area (Å²) in [5.74, 6) is -0.0446. The predicted octanol–water partition coefficient (Wildman–Crippen LogP) is -0.0981. The molecule has 2 heterocycles. The molecule has 0 spiro atoms. The van der Waals surface area contributed by atoms with Crippen LogP contribution in [0.2, 0.25) is 0 Å². The third kappa shape index (κ3) is 2.56. The maximum absolute atomic E-state index is 11.6. The van der Waals surface area contributed by atoms with Crippen molar-refractivity contribution in [2.45, 2.75) is 18.9 Å². The molecule has 1 aliphatic heterocycles. The molecule has 0 aliphatic carbocycles. The maximum atomic E-state index is 11.6. The largest absolute Gasteiger partial charge is 0.350 e. The number of nitrogens with one attached hydrogen (secondary N) is 2. The van der Waals surface area contributed by atoms with Gasteiger partial charge in [0.15, 0.2) is 0 Å². The molecule has 2 rings (SSSR count). The van der Waals surface area contributed by atoms with E-state index in [0.29, 0.717) is 18.2 Å². The Hall–Kier alpha value is -1.36. The zero-order valence-corrected chi connectivity index (χ0v) is 8.86. The summed E-state index contributed by atoms with van der Waals surface area (Å²) in [6.45, 7) is 1.77. The van der Waals surface area contributed by atoms with E-state index >= 15 is 0 Å². The summed E-state index contributed by atoms with van der Waals surface area (Å²) < 4.78 is 1.63. The third-order valence-corrected chi connectivity index (χ3v) is 2.64. The van der Waals surface area contributed by atoms with E-state index in [2.05, 4.69) is 15.7 Å². The predicted molar refractivity (Wildman–Crippen MR) is 56.6 cm³/mol. The van der Waals surface area contributed by atoms with Gasteiger partial charge < -0.3 is 10.6 Å². The summed E-state index contributed by atoms with van der Waals surface area (Å²) in [5.41, 5.74) is 0.621. The van der Waals surface area contributed by atoms with Crippen LogP contribution in [0.4, 0.5) is 0 Å². The van der Waals surface area contributed by atoms with Crippen LogP contribution in [0.1, 0.15) is 23.2 Å². The highest BCUT2D eigenvalue weighted by Gasteiger charge is 2.15. The van der Waals surface area contributed by atoms with Crippen molar-refractivity contribution in [2.75, 3.05) is 13.1 Å². The van der Waals surface area contributed by atoms with Gasteiger partial charge in [0, 0.05) is 25.8 Å². The molecular weight excluding hydrogens is 192 g/mol. The van der Waals surface area contributed by atoms with Crippen LogP contribution in [-0.4, -0.2) is 34.8 Å². The molecule has 1 fully saturated rings. The summed E-state index contributed by atoms with van der Waals surface area (Å²) >= 11 is 0. The van der Waals surface area contributed by atoms with E-state index in [1.54, 1.807) is 24.1 Å². The van der Waals surface area contributed by atoms with Crippen LogP contribution in [0.15, 0.2) is 12.4 Å². The van der Waals surface area contributed by atoms with Crippen molar-refractivity contribution in [3.63, 3.8) is 0 Å². The number of hydrogen-bond acceptors (Lipinski definition) is 3. The summed E-state index contributed by atoms with van der Waals surface area (Å²) in [6, 6.07) is 0.436. The van der Waals surface area contributed by atoms with E-state index in [0.717, 1.165) is 13.0 Å². The number of aromatic nitrogens is 2. The fourth-order valence-electron chi connectivity index (χ4n) is 1.79. The minimum absolute atomic E-state index is 0.0446. The first-order valence-electron chi connectivity index (χ1n) is 5.26. The van der Waals surface area contributed by atoms with Gasteiger partial charge in [-0.25, -0.2) is 0 Å². The normalized spacial score (nSPS) is 20.5. The van der Waals surface area contributed by atoms with Crippen molar-refractivity contribution in [1.29, 1.82) is 0 Å². The van der Waals surface area contributed by atoms with Crippen LogP contribution in [0, 0.1) is 0 Å². The lowest BCUT2D eigenvalue weighted by molar-refractivity contribution is 0.0950. The van der Waals surface area contributed by atoms with Crippen LogP contribution >= 0.6 is 0 Å². The number of hydrogen-bond donors (Lipinski definition) is 2. The molecule has 2 N–H and O–H groups in total. The highest BCUT2D eigenvalue weighted by molar-refractivity contribution is 5.93. The summed E-state index contributed by atoms with van der Waals surface area (Å²) in [5, 5.41) is 10.2. The molecule has 5 nitrogen and oxygen atoms in total. The maximum Gasteiger partial charge on any atom is 0.254 e. The van der Waals surface area contributed by atoms with Crippen molar-refractivity contribution >= 4 is 5.91 Å². The van der Waals surface area contributed by atoms with Gasteiger partial charge in [0.25, 0.3) is 5.91 Å². The van der Waals surface area contributed by atoms with Crippen molar-refractivity contribution in [3.8, 4) is 0 Å². The highest BCUT2D eigenvalue weighted by Crippen LogP contribution is 2.03. The minimum atomic E-state index is -0.0446. The third-order valence-electron chi connectivity index (χ3n) is 2.64. The van der Waals surface area contributed by atoms with Crippen LogP contribution in [0.25, 0.3) is 0 Å². The summed E-state index contributed by atoms with van der Waals surface area (Å²) in [6.07, 6.45) is 5.65. The lowest BCUT2D eigenvalue weighted by Gasteiger charge is -2.10. The molecule has 0 saturated carbocycles.